The Labute approximate surface area is 121 Å². The molecule has 0 fully saturated rings. The molecule has 0 spiro atoms. The zero-order valence-electron chi connectivity index (χ0n) is 13.1. The number of carbonyl (C=O) groups excluding carboxylic acids is 1. The van der Waals surface area contributed by atoms with Gasteiger partial charge in [-0.3, -0.25) is 10.1 Å². The van der Waals surface area contributed by atoms with Gasteiger partial charge < -0.3 is 10.1 Å². The van der Waals surface area contributed by atoms with Crippen molar-refractivity contribution in [2.75, 3.05) is 7.11 Å². The minimum Gasteiger partial charge on any atom is -0.497 e. The van der Waals surface area contributed by atoms with Crippen molar-refractivity contribution in [3.8, 4) is 5.75 Å². The molecule has 0 aliphatic rings. The highest BCUT2D eigenvalue weighted by molar-refractivity contribution is 5.81. The minimum absolute atomic E-state index is 0.0342. The number of carbonyl (C=O) groups is 1. The number of hydrogen-bond donors (Lipinski definition) is 2. The zero-order chi connectivity index (χ0) is 15.1. The van der Waals surface area contributed by atoms with Crippen LogP contribution in [0.25, 0.3) is 0 Å². The Kier molecular flexibility index (Phi) is 6.52. The van der Waals surface area contributed by atoms with Gasteiger partial charge in [-0.15, -0.1) is 0 Å². The summed E-state index contributed by atoms with van der Waals surface area (Å²) in [5, 5.41) is 6.29. The van der Waals surface area contributed by atoms with E-state index in [0.29, 0.717) is 0 Å². The van der Waals surface area contributed by atoms with E-state index in [1.165, 1.54) is 0 Å². The summed E-state index contributed by atoms with van der Waals surface area (Å²) >= 11 is 0. The lowest BCUT2D eigenvalue weighted by Crippen LogP contribution is -2.45. The molecular weight excluding hydrogens is 252 g/mol. The summed E-state index contributed by atoms with van der Waals surface area (Å²) in [4.78, 5) is 11.9. The molecule has 2 unspecified atom stereocenters. The van der Waals surface area contributed by atoms with Gasteiger partial charge in [0.05, 0.1) is 13.2 Å². The van der Waals surface area contributed by atoms with Crippen molar-refractivity contribution in [2.24, 2.45) is 0 Å². The number of methoxy groups -OCH3 is 1. The molecule has 0 aromatic heterocycles. The standard InChI is InChI=1S/C16H26N2O2/c1-6-15(13-7-9-14(20-5)10-8-13)18-12(4)16(19)17-11(2)3/h7-12,15,18H,6H2,1-5H3,(H,17,19). The van der Waals surface area contributed by atoms with E-state index in [1.807, 2.05) is 45.0 Å². The Balaban J connectivity index is 2.68. The molecule has 4 nitrogen and oxygen atoms in total. The zero-order valence-corrected chi connectivity index (χ0v) is 13.1. The predicted octanol–water partition coefficient (Wildman–Crippen LogP) is 2.65. The highest BCUT2D eigenvalue weighted by Gasteiger charge is 2.18. The van der Waals surface area contributed by atoms with E-state index in [9.17, 15) is 4.79 Å². The third-order valence-electron chi connectivity index (χ3n) is 3.20. The van der Waals surface area contributed by atoms with Gasteiger partial charge in [0.2, 0.25) is 5.91 Å². The third-order valence-corrected chi connectivity index (χ3v) is 3.20. The number of hydrogen-bond acceptors (Lipinski definition) is 3. The molecule has 0 aliphatic heterocycles. The molecule has 2 atom stereocenters. The SMILES string of the molecule is CCC(NC(C)C(=O)NC(C)C)c1ccc(OC)cc1. The molecule has 2 N–H and O–H groups in total. The summed E-state index contributed by atoms with van der Waals surface area (Å²) in [6.45, 7) is 7.93. The van der Waals surface area contributed by atoms with Gasteiger partial charge in [0.25, 0.3) is 0 Å². The van der Waals surface area contributed by atoms with E-state index in [2.05, 4.69) is 17.6 Å². The summed E-state index contributed by atoms with van der Waals surface area (Å²) in [5.74, 6) is 0.876. The first-order valence-corrected chi connectivity index (χ1v) is 7.18. The van der Waals surface area contributed by atoms with Gasteiger partial charge in [-0.25, -0.2) is 0 Å². The molecule has 0 radical (unpaired) electrons. The van der Waals surface area contributed by atoms with Crippen molar-refractivity contribution in [3.05, 3.63) is 29.8 Å². The van der Waals surface area contributed by atoms with Crippen molar-refractivity contribution in [3.63, 3.8) is 0 Å². The average Bonchev–Trinajstić information content (AvgIpc) is 2.43. The monoisotopic (exact) mass is 278 g/mol. The van der Waals surface area contributed by atoms with Gasteiger partial charge in [-0.2, -0.15) is 0 Å². The Bertz CT molecular complexity index is 415. The van der Waals surface area contributed by atoms with Gasteiger partial charge in [0, 0.05) is 12.1 Å². The molecular formula is C16H26N2O2. The molecule has 0 bridgehead atoms. The Morgan fingerprint density at radius 2 is 1.80 bits per heavy atom. The molecule has 0 saturated heterocycles. The van der Waals surface area contributed by atoms with Crippen LogP contribution in [-0.2, 0) is 4.79 Å². The fourth-order valence-electron chi connectivity index (χ4n) is 2.07. The van der Waals surface area contributed by atoms with E-state index in [0.717, 1.165) is 17.7 Å². The van der Waals surface area contributed by atoms with Crippen molar-refractivity contribution in [1.82, 2.24) is 10.6 Å². The first-order valence-electron chi connectivity index (χ1n) is 7.18. The smallest absolute Gasteiger partial charge is 0.237 e. The maximum atomic E-state index is 11.9. The minimum atomic E-state index is -0.218. The molecule has 0 aliphatic carbocycles. The number of ether oxygens (including phenoxy) is 1. The second-order valence-corrected chi connectivity index (χ2v) is 5.29. The van der Waals surface area contributed by atoms with E-state index in [-0.39, 0.29) is 24.0 Å². The normalized spacial score (nSPS) is 13.9. The second-order valence-electron chi connectivity index (χ2n) is 5.29. The van der Waals surface area contributed by atoms with Gasteiger partial charge in [-0.1, -0.05) is 19.1 Å². The summed E-state index contributed by atoms with van der Waals surface area (Å²) in [6.07, 6.45) is 0.922. The van der Waals surface area contributed by atoms with E-state index in [1.54, 1.807) is 7.11 Å². The topological polar surface area (TPSA) is 50.4 Å². The fraction of sp³-hybridized carbons (Fsp3) is 0.562. The van der Waals surface area contributed by atoms with Crippen molar-refractivity contribution in [1.29, 1.82) is 0 Å². The number of nitrogens with one attached hydrogen (secondary N) is 2. The van der Waals surface area contributed by atoms with E-state index < -0.39 is 0 Å². The largest absolute Gasteiger partial charge is 0.497 e. The molecule has 1 aromatic rings. The van der Waals surface area contributed by atoms with Gasteiger partial charge in [0.15, 0.2) is 0 Å². The number of benzene rings is 1. The number of rotatable bonds is 7. The number of amides is 1. The van der Waals surface area contributed by atoms with Gasteiger partial charge in [0.1, 0.15) is 5.75 Å². The highest BCUT2D eigenvalue weighted by Crippen LogP contribution is 2.20. The third kappa shape index (κ3) is 4.85. The van der Waals surface area contributed by atoms with Crippen LogP contribution in [0.15, 0.2) is 24.3 Å². The van der Waals surface area contributed by atoms with Crippen LogP contribution in [-0.4, -0.2) is 25.1 Å². The molecule has 0 heterocycles. The maximum Gasteiger partial charge on any atom is 0.237 e. The molecule has 112 valence electrons. The average molecular weight is 278 g/mol. The lowest BCUT2D eigenvalue weighted by Gasteiger charge is -2.23. The Morgan fingerprint density at radius 1 is 1.20 bits per heavy atom. The van der Waals surface area contributed by atoms with Crippen molar-refractivity contribution < 1.29 is 9.53 Å². The molecule has 1 aromatic carbocycles. The summed E-state index contributed by atoms with van der Waals surface area (Å²) in [6, 6.07) is 8.06. The van der Waals surface area contributed by atoms with Crippen LogP contribution >= 0.6 is 0 Å². The maximum absolute atomic E-state index is 11.9. The van der Waals surface area contributed by atoms with E-state index in [4.69, 9.17) is 4.74 Å². The lowest BCUT2D eigenvalue weighted by atomic mass is 10.0. The molecule has 1 amide bonds. The van der Waals surface area contributed by atoms with Crippen LogP contribution in [0.2, 0.25) is 0 Å². The first-order chi connectivity index (χ1) is 9.47. The van der Waals surface area contributed by atoms with Crippen LogP contribution in [0.5, 0.6) is 5.75 Å². The first kappa shape index (κ1) is 16.5. The molecule has 1 rings (SSSR count). The van der Waals surface area contributed by atoms with Crippen molar-refractivity contribution in [2.45, 2.75) is 52.2 Å². The molecule has 4 heteroatoms. The highest BCUT2D eigenvalue weighted by atomic mass is 16.5. The molecule has 20 heavy (non-hydrogen) atoms. The van der Waals surface area contributed by atoms with Crippen LogP contribution in [0.1, 0.15) is 45.7 Å². The van der Waals surface area contributed by atoms with Gasteiger partial charge >= 0.3 is 0 Å². The second kappa shape index (κ2) is 7.90. The predicted molar refractivity (Wildman–Crippen MR) is 81.9 cm³/mol. The van der Waals surface area contributed by atoms with Crippen LogP contribution in [0.3, 0.4) is 0 Å². The van der Waals surface area contributed by atoms with Crippen LogP contribution in [0, 0.1) is 0 Å². The summed E-state index contributed by atoms with van der Waals surface area (Å²) in [5.41, 5.74) is 1.16. The van der Waals surface area contributed by atoms with Crippen LogP contribution < -0.4 is 15.4 Å². The Hall–Kier alpha value is -1.55. The van der Waals surface area contributed by atoms with E-state index >= 15 is 0 Å². The lowest BCUT2D eigenvalue weighted by molar-refractivity contribution is -0.123. The van der Waals surface area contributed by atoms with Crippen LogP contribution in [0.4, 0.5) is 0 Å². The van der Waals surface area contributed by atoms with Crippen molar-refractivity contribution >= 4 is 5.91 Å². The summed E-state index contributed by atoms with van der Waals surface area (Å²) in [7, 11) is 1.66. The molecule has 0 saturated carbocycles. The fourth-order valence-corrected chi connectivity index (χ4v) is 2.07. The van der Waals surface area contributed by atoms with Gasteiger partial charge in [-0.05, 0) is 44.9 Å². The quantitative estimate of drug-likeness (QED) is 0.806. The summed E-state index contributed by atoms with van der Waals surface area (Å²) < 4.78 is 5.16. The Morgan fingerprint density at radius 3 is 2.25 bits per heavy atom.